The zero-order chi connectivity index (χ0) is 14.0. The van der Waals surface area contributed by atoms with Crippen LogP contribution in [0.15, 0.2) is 36.4 Å². The number of hydrogen-bond donors (Lipinski definition) is 1. The van der Waals surface area contributed by atoms with Gasteiger partial charge in [0.05, 0.1) is 10.0 Å². The van der Waals surface area contributed by atoms with Gasteiger partial charge in [-0.15, -0.1) is 0 Å². The van der Waals surface area contributed by atoms with E-state index in [1.165, 1.54) is 12.1 Å². The molecule has 0 heterocycles. The molecule has 0 saturated heterocycles. The van der Waals surface area contributed by atoms with E-state index in [4.69, 9.17) is 23.2 Å². The SMILES string of the molecule is Cc1cc(F)ccc1NC(C)c1ccc(Cl)c(Cl)c1. The van der Waals surface area contributed by atoms with Gasteiger partial charge in [-0.2, -0.15) is 0 Å². The molecule has 0 amide bonds. The first-order chi connectivity index (χ1) is 8.97. The summed E-state index contributed by atoms with van der Waals surface area (Å²) in [6, 6.07) is 10.3. The highest BCUT2D eigenvalue weighted by atomic mass is 35.5. The van der Waals surface area contributed by atoms with Crippen molar-refractivity contribution in [1.29, 1.82) is 0 Å². The molecule has 0 bridgehead atoms. The van der Waals surface area contributed by atoms with Crippen molar-refractivity contribution < 1.29 is 4.39 Å². The van der Waals surface area contributed by atoms with Gasteiger partial charge in [-0.25, -0.2) is 4.39 Å². The summed E-state index contributed by atoms with van der Waals surface area (Å²) < 4.78 is 13.0. The number of hydrogen-bond acceptors (Lipinski definition) is 1. The van der Waals surface area contributed by atoms with Gasteiger partial charge in [0, 0.05) is 11.7 Å². The Morgan fingerprint density at radius 1 is 1.05 bits per heavy atom. The highest BCUT2D eigenvalue weighted by molar-refractivity contribution is 6.42. The van der Waals surface area contributed by atoms with Crippen LogP contribution < -0.4 is 5.32 Å². The van der Waals surface area contributed by atoms with Crippen LogP contribution in [0.2, 0.25) is 10.0 Å². The van der Waals surface area contributed by atoms with Gasteiger partial charge in [-0.3, -0.25) is 0 Å². The van der Waals surface area contributed by atoms with Crippen molar-refractivity contribution in [2.24, 2.45) is 0 Å². The molecule has 2 aromatic rings. The van der Waals surface area contributed by atoms with E-state index in [0.717, 1.165) is 16.8 Å². The Bertz CT molecular complexity index is 599. The van der Waals surface area contributed by atoms with Gasteiger partial charge >= 0.3 is 0 Å². The maximum atomic E-state index is 13.0. The Morgan fingerprint density at radius 3 is 2.42 bits per heavy atom. The average molecular weight is 298 g/mol. The Balaban J connectivity index is 2.20. The Labute approximate surface area is 122 Å². The molecule has 0 spiro atoms. The molecule has 0 fully saturated rings. The van der Waals surface area contributed by atoms with Gasteiger partial charge in [0.15, 0.2) is 0 Å². The smallest absolute Gasteiger partial charge is 0.123 e. The summed E-state index contributed by atoms with van der Waals surface area (Å²) in [5.41, 5.74) is 2.80. The summed E-state index contributed by atoms with van der Waals surface area (Å²) in [6.45, 7) is 3.88. The Hall–Kier alpha value is -1.25. The van der Waals surface area contributed by atoms with Gasteiger partial charge in [-0.1, -0.05) is 29.3 Å². The monoisotopic (exact) mass is 297 g/mol. The van der Waals surface area contributed by atoms with Gasteiger partial charge in [-0.05, 0) is 55.3 Å². The molecular weight excluding hydrogens is 284 g/mol. The van der Waals surface area contributed by atoms with Crippen LogP contribution in [-0.4, -0.2) is 0 Å². The second-order valence-corrected chi connectivity index (χ2v) is 5.31. The van der Waals surface area contributed by atoms with E-state index in [0.29, 0.717) is 10.0 Å². The molecule has 1 unspecified atom stereocenters. The van der Waals surface area contributed by atoms with E-state index in [1.54, 1.807) is 12.1 Å². The third-order valence-electron chi connectivity index (χ3n) is 3.00. The van der Waals surface area contributed by atoms with Crippen LogP contribution in [0, 0.1) is 12.7 Å². The predicted molar refractivity (Wildman–Crippen MR) is 79.6 cm³/mol. The first-order valence-electron chi connectivity index (χ1n) is 5.95. The zero-order valence-electron chi connectivity index (χ0n) is 10.7. The Morgan fingerprint density at radius 2 is 1.79 bits per heavy atom. The normalized spacial score (nSPS) is 12.3. The number of anilines is 1. The number of halogens is 3. The fourth-order valence-corrected chi connectivity index (χ4v) is 2.19. The van der Waals surface area contributed by atoms with Gasteiger partial charge in [0.25, 0.3) is 0 Å². The standard InChI is InChI=1S/C15H14Cl2FN/c1-9-7-12(18)4-6-15(9)19-10(2)11-3-5-13(16)14(17)8-11/h3-8,10,19H,1-2H3. The van der Waals surface area contributed by atoms with Crippen LogP contribution in [0.25, 0.3) is 0 Å². The van der Waals surface area contributed by atoms with Crippen LogP contribution in [0.4, 0.5) is 10.1 Å². The highest BCUT2D eigenvalue weighted by Crippen LogP contribution is 2.28. The van der Waals surface area contributed by atoms with E-state index in [1.807, 2.05) is 26.0 Å². The number of benzene rings is 2. The lowest BCUT2D eigenvalue weighted by atomic mass is 10.1. The van der Waals surface area contributed by atoms with Gasteiger partial charge < -0.3 is 5.32 Å². The third kappa shape index (κ3) is 3.40. The minimum Gasteiger partial charge on any atom is -0.378 e. The third-order valence-corrected chi connectivity index (χ3v) is 3.74. The fourth-order valence-electron chi connectivity index (χ4n) is 1.89. The van der Waals surface area contributed by atoms with Crippen LogP contribution >= 0.6 is 23.2 Å². The number of nitrogens with one attached hydrogen (secondary N) is 1. The molecule has 0 saturated carbocycles. The summed E-state index contributed by atoms with van der Waals surface area (Å²) >= 11 is 11.9. The molecular formula is C15H14Cl2FN. The van der Waals surface area contributed by atoms with Crippen molar-refractivity contribution in [2.45, 2.75) is 19.9 Å². The Kier molecular flexibility index (Phi) is 4.33. The summed E-state index contributed by atoms with van der Waals surface area (Å²) in [5.74, 6) is -0.231. The van der Waals surface area contributed by atoms with Crippen LogP contribution in [-0.2, 0) is 0 Å². The molecule has 2 aromatic carbocycles. The van der Waals surface area contributed by atoms with Crippen molar-refractivity contribution in [1.82, 2.24) is 0 Å². The minimum atomic E-state index is -0.231. The molecule has 19 heavy (non-hydrogen) atoms. The molecule has 2 rings (SSSR count). The van der Waals surface area contributed by atoms with Crippen molar-refractivity contribution in [3.05, 3.63) is 63.4 Å². The molecule has 1 atom stereocenters. The molecule has 1 N–H and O–H groups in total. The van der Waals surface area contributed by atoms with Crippen LogP contribution in [0.1, 0.15) is 24.1 Å². The quantitative estimate of drug-likeness (QED) is 0.776. The van der Waals surface area contributed by atoms with Gasteiger partial charge in [0.2, 0.25) is 0 Å². The molecule has 1 nitrogen and oxygen atoms in total. The predicted octanol–water partition coefficient (Wildman–Crippen LogP) is 5.61. The second kappa shape index (κ2) is 5.81. The topological polar surface area (TPSA) is 12.0 Å². The van der Waals surface area contributed by atoms with E-state index < -0.39 is 0 Å². The van der Waals surface area contributed by atoms with Crippen molar-refractivity contribution >= 4 is 28.9 Å². The molecule has 0 aliphatic rings. The minimum absolute atomic E-state index is 0.0546. The lowest BCUT2D eigenvalue weighted by Gasteiger charge is -2.18. The summed E-state index contributed by atoms with van der Waals surface area (Å²) in [7, 11) is 0. The van der Waals surface area contributed by atoms with E-state index >= 15 is 0 Å². The molecule has 0 aliphatic heterocycles. The molecule has 0 aromatic heterocycles. The maximum absolute atomic E-state index is 13.0. The molecule has 0 aliphatic carbocycles. The molecule has 4 heteroatoms. The summed E-state index contributed by atoms with van der Waals surface area (Å²) in [5, 5.41) is 4.40. The highest BCUT2D eigenvalue weighted by Gasteiger charge is 2.09. The van der Waals surface area contributed by atoms with Crippen LogP contribution in [0.3, 0.4) is 0 Å². The molecule has 100 valence electrons. The first-order valence-corrected chi connectivity index (χ1v) is 6.70. The van der Waals surface area contributed by atoms with E-state index in [-0.39, 0.29) is 11.9 Å². The lowest BCUT2D eigenvalue weighted by Crippen LogP contribution is -2.07. The van der Waals surface area contributed by atoms with Crippen LogP contribution in [0.5, 0.6) is 0 Å². The van der Waals surface area contributed by atoms with Gasteiger partial charge in [0.1, 0.15) is 5.82 Å². The summed E-state index contributed by atoms with van der Waals surface area (Å²) in [4.78, 5) is 0. The number of rotatable bonds is 3. The van der Waals surface area contributed by atoms with Crippen molar-refractivity contribution in [2.75, 3.05) is 5.32 Å². The van der Waals surface area contributed by atoms with E-state index in [2.05, 4.69) is 5.32 Å². The lowest BCUT2D eigenvalue weighted by molar-refractivity contribution is 0.626. The number of aryl methyl sites for hydroxylation is 1. The first kappa shape index (κ1) is 14.2. The summed E-state index contributed by atoms with van der Waals surface area (Å²) in [6.07, 6.45) is 0. The van der Waals surface area contributed by atoms with Crippen molar-refractivity contribution in [3.8, 4) is 0 Å². The zero-order valence-corrected chi connectivity index (χ0v) is 12.2. The van der Waals surface area contributed by atoms with Crippen molar-refractivity contribution in [3.63, 3.8) is 0 Å². The maximum Gasteiger partial charge on any atom is 0.123 e. The van der Waals surface area contributed by atoms with E-state index in [9.17, 15) is 4.39 Å². The second-order valence-electron chi connectivity index (χ2n) is 4.50. The largest absolute Gasteiger partial charge is 0.378 e. The fraction of sp³-hybridized carbons (Fsp3) is 0.200. The average Bonchev–Trinajstić information content (AvgIpc) is 2.36. The molecule has 0 radical (unpaired) electrons.